The van der Waals surface area contributed by atoms with Crippen molar-refractivity contribution in [3.63, 3.8) is 0 Å². The maximum absolute atomic E-state index is 12.3. The van der Waals surface area contributed by atoms with Crippen LogP contribution < -0.4 is 10.6 Å². The van der Waals surface area contributed by atoms with E-state index in [1.54, 1.807) is 12.4 Å². The van der Waals surface area contributed by atoms with Gasteiger partial charge < -0.3 is 10.6 Å². The Kier molecular flexibility index (Phi) is 6.73. The molecule has 1 unspecified atom stereocenters. The van der Waals surface area contributed by atoms with Crippen LogP contribution in [0.2, 0.25) is 0 Å². The molecule has 1 aromatic heterocycles. The second-order valence-corrected chi connectivity index (χ2v) is 5.70. The highest BCUT2D eigenvalue weighted by molar-refractivity contribution is 5.97. The van der Waals surface area contributed by atoms with E-state index in [-0.39, 0.29) is 11.6 Å². The number of benzene rings is 1. The predicted octanol–water partition coefficient (Wildman–Crippen LogP) is 3.02. The number of nitrogens with one attached hydrogen (secondary N) is 2. The van der Waals surface area contributed by atoms with Crippen LogP contribution in [0, 0.1) is 11.3 Å². The molecule has 1 atom stereocenters. The Balaban J connectivity index is 1.94. The number of pyridine rings is 1. The Morgan fingerprint density at radius 2 is 1.88 bits per heavy atom. The van der Waals surface area contributed by atoms with Gasteiger partial charge in [-0.15, -0.1) is 0 Å². The molecule has 0 aliphatic carbocycles. The SMILES string of the molecule is CCc1ccc(C(C)NC(=O)/C(C#N)=C\NCc2ccncc2)cc1. The summed E-state index contributed by atoms with van der Waals surface area (Å²) in [6, 6.07) is 13.6. The van der Waals surface area contributed by atoms with Crippen LogP contribution in [0.5, 0.6) is 0 Å². The lowest BCUT2D eigenvalue weighted by molar-refractivity contribution is -0.117. The fraction of sp³-hybridized carbons (Fsp3) is 0.250. The highest BCUT2D eigenvalue weighted by Gasteiger charge is 2.13. The lowest BCUT2D eigenvalue weighted by Crippen LogP contribution is -2.28. The molecule has 1 aromatic carbocycles. The number of carbonyl (C=O) groups excluding carboxylic acids is 1. The molecule has 1 heterocycles. The zero-order valence-electron chi connectivity index (χ0n) is 14.5. The van der Waals surface area contributed by atoms with Crippen LogP contribution in [0.4, 0.5) is 0 Å². The molecule has 0 aliphatic rings. The third-order valence-electron chi connectivity index (χ3n) is 3.90. The Hall–Kier alpha value is -3.13. The number of rotatable bonds is 7. The average Bonchev–Trinajstić information content (AvgIpc) is 2.66. The van der Waals surface area contributed by atoms with Gasteiger partial charge in [-0.3, -0.25) is 9.78 Å². The van der Waals surface area contributed by atoms with Gasteiger partial charge in [0.1, 0.15) is 11.6 Å². The molecule has 0 fully saturated rings. The summed E-state index contributed by atoms with van der Waals surface area (Å²) in [6.07, 6.45) is 5.82. The molecule has 0 saturated heterocycles. The number of hydrogen-bond donors (Lipinski definition) is 2. The second kappa shape index (κ2) is 9.24. The van der Waals surface area contributed by atoms with Gasteiger partial charge in [0.15, 0.2) is 0 Å². The van der Waals surface area contributed by atoms with Crippen molar-refractivity contribution >= 4 is 5.91 Å². The van der Waals surface area contributed by atoms with Crippen LogP contribution in [0.25, 0.3) is 0 Å². The maximum Gasteiger partial charge on any atom is 0.263 e. The standard InChI is InChI=1S/C20H22N4O/c1-3-16-4-6-18(7-5-16)15(2)24-20(25)19(12-21)14-23-13-17-8-10-22-11-9-17/h4-11,14-15,23H,3,13H2,1-2H3,(H,24,25)/b19-14-. The van der Waals surface area contributed by atoms with Crippen molar-refractivity contribution in [2.24, 2.45) is 0 Å². The number of carbonyl (C=O) groups is 1. The second-order valence-electron chi connectivity index (χ2n) is 5.70. The molecule has 2 N–H and O–H groups in total. The largest absolute Gasteiger partial charge is 0.386 e. The van der Waals surface area contributed by atoms with Crippen LogP contribution in [0.3, 0.4) is 0 Å². The quantitative estimate of drug-likeness (QED) is 0.603. The van der Waals surface area contributed by atoms with Gasteiger partial charge in [0.25, 0.3) is 5.91 Å². The first kappa shape index (κ1) is 18.2. The first-order valence-corrected chi connectivity index (χ1v) is 8.26. The zero-order chi connectivity index (χ0) is 18.1. The van der Waals surface area contributed by atoms with Gasteiger partial charge in [-0.2, -0.15) is 5.26 Å². The topological polar surface area (TPSA) is 77.8 Å². The molecular weight excluding hydrogens is 312 g/mol. The van der Waals surface area contributed by atoms with Gasteiger partial charge in [-0.05, 0) is 42.2 Å². The highest BCUT2D eigenvalue weighted by atomic mass is 16.1. The van der Waals surface area contributed by atoms with Crippen LogP contribution in [-0.4, -0.2) is 10.9 Å². The van der Waals surface area contributed by atoms with E-state index >= 15 is 0 Å². The minimum absolute atomic E-state index is 0.0473. The number of nitrogens with zero attached hydrogens (tertiary/aromatic N) is 2. The molecule has 0 bridgehead atoms. The lowest BCUT2D eigenvalue weighted by Gasteiger charge is -2.14. The lowest BCUT2D eigenvalue weighted by atomic mass is 10.0. The van der Waals surface area contributed by atoms with Gasteiger partial charge in [-0.1, -0.05) is 31.2 Å². The van der Waals surface area contributed by atoms with E-state index in [1.807, 2.05) is 37.3 Å². The number of hydrogen-bond acceptors (Lipinski definition) is 4. The molecule has 2 rings (SSSR count). The van der Waals surface area contributed by atoms with Gasteiger partial charge >= 0.3 is 0 Å². The molecule has 0 saturated carbocycles. The molecule has 0 radical (unpaired) electrons. The summed E-state index contributed by atoms with van der Waals surface area (Å²) in [6.45, 7) is 4.52. The van der Waals surface area contributed by atoms with E-state index in [4.69, 9.17) is 0 Å². The van der Waals surface area contributed by atoms with E-state index in [9.17, 15) is 10.1 Å². The molecule has 1 amide bonds. The summed E-state index contributed by atoms with van der Waals surface area (Å²) >= 11 is 0. The van der Waals surface area contributed by atoms with E-state index in [2.05, 4.69) is 34.7 Å². The maximum atomic E-state index is 12.3. The van der Waals surface area contributed by atoms with E-state index in [1.165, 1.54) is 11.8 Å². The van der Waals surface area contributed by atoms with Gasteiger partial charge in [0, 0.05) is 25.1 Å². The molecule has 0 spiro atoms. The number of aromatic nitrogens is 1. The molecule has 2 aromatic rings. The van der Waals surface area contributed by atoms with Crippen molar-refractivity contribution in [1.29, 1.82) is 5.26 Å². The van der Waals surface area contributed by atoms with Crippen molar-refractivity contribution < 1.29 is 4.79 Å². The van der Waals surface area contributed by atoms with Crippen LogP contribution in [0.15, 0.2) is 60.6 Å². The Morgan fingerprint density at radius 1 is 1.20 bits per heavy atom. The van der Waals surface area contributed by atoms with Crippen molar-refractivity contribution in [3.05, 3.63) is 77.3 Å². The normalized spacial score (nSPS) is 12.1. The van der Waals surface area contributed by atoms with E-state index in [0.717, 1.165) is 17.5 Å². The summed E-state index contributed by atoms with van der Waals surface area (Å²) < 4.78 is 0. The highest BCUT2D eigenvalue weighted by Crippen LogP contribution is 2.14. The fourth-order valence-electron chi connectivity index (χ4n) is 2.32. The average molecular weight is 334 g/mol. The molecular formula is C20H22N4O. The minimum atomic E-state index is -0.392. The number of nitriles is 1. The summed E-state index contributed by atoms with van der Waals surface area (Å²) in [7, 11) is 0. The molecule has 0 aliphatic heterocycles. The summed E-state index contributed by atoms with van der Waals surface area (Å²) in [5, 5.41) is 15.1. The minimum Gasteiger partial charge on any atom is -0.386 e. The van der Waals surface area contributed by atoms with Crippen LogP contribution >= 0.6 is 0 Å². The zero-order valence-corrected chi connectivity index (χ0v) is 14.5. The molecule has 5 nitrogen and oxygen atoms in total. The van der Waals surface area contributed by atoms with Crippen molar-refractivity contribution in [1.82, 2.24) is 15.6 Å². The number of aryl methyl sites for hydroxylation is 1. The van der Waals surface area contributed by atoms with Gasteiger partial charge in [-0.25, -0.2) is 0 Å². The van der Waals surface area contributed by atoms with Gasteiger partial charge in [0.2, 0.25) is 0 Å². The van der Waals surface area contributed by atoms with Crippen molar-refractivity contribution in [2.75, 3.05) is 0 Å². The van der Waals surface area contributed by atoms with Gasteiger partial charge in [0.05, 0.1) is 6.04 Å². The summed E-state index contributed by atoms with van der Waals surface area (Å²) in [5.74, 6) is -0.392. The third-order valence-corrected chi connectivity index (χ3v) is 3.90. The first-order chi connectivity index (χ1) is 12.1. The Morgan fingerprint density at radius 3 is 2.48 bits per heavy atom. The smallest absolute Gasteiger partial charge is 0.263 e. The van der Waals surface area contributed by atoms with Crippen molar-refractivity contribution in [3.8, 4) is 6.07 Å². The van der Waals surface area contributed by atoms with Crippen molar-refractivity contribution in [2.45, 2.75) is 32.9 Å². The number of amides is 1. The van der Waals surface area contributed by atoms with Crippen LogP contribution in [-0.2, 0) is 17.8 Å². The van der Waals surface area contributed by atoms with E-state index < -0.39 is 5.91 Å². The summed E-state index contributed by atoms with van der Waals surface area (Å²) in [5.41, 5.74) is 3.33. The fourth-order valence-corrected chi connectivity index (χ4v) is 2.32. The van der Waals surface area contributed by atoms with E-state index in [0.29, 0.717) is 6.54 Å². The van der Waals surface area contributed by atoms with Crippen LogP contribution in [0.1, 0.15) is 36.6 Å². The monoisotopic (exact) mass is 334 g/mol. The first-order valence-electron chi connectivity index (χ1n) is 8.26. The molecule has 128 valence electrons. The molecule has 25 heavy (non-hydrogen) atoms. The third kappa shape index (κ3) is 5.47. The Bertz CT molecular complexity index is 761. The Labute approximate surface area is 148 Å². The molecule has 5 heteroatoms. The predicted molar refractivity (Wildman–Crippen MR) is 97.2 cm³/mol. The summed E-state index contributed by atoms with van der Waals surface area (Å²) in [4.78, 5) is 16.2.